The smallest absolute Gasteiger partial charge is 0.406 e. The molecule has 0 spiro atoms. The molecule has 1 fully saturated rings. The number of hydrogen-bond acceptors (Lipinski definition) is 14. The fourth-order valence-corrected chi connectivity index (χ4v) is 8.57. The Bertz CT molecular complexity index is 2650. The van der Waals surface area contributed by atoms with Gasteiger partial charge in [-0.25, -0.2) is 9.37 Å². The number of fused-ring (bicyclic) bond motifs is 1. The van der Waals surface area contributed by atoms with Crippen molar-refractivity contribution >= 4 is 33.9 Å². The van der Waals surface area contributed by atoms with Gasteiger partial charge < -0.3 is 63.7 Å². The predicted molar refractivity (Wildman–Crippen MR) is 272 cm³/mol. The van der Waals surface area contributed by atoms with Crippen LogP contribution in [0.4, 0.5) is 34.6 Å². The second-order valence-corrected chi connectivity index (χ2v) is 17.8. The lowest BCUT2D eigenvalue weighted by atomic mass is 10.0. The van der Waals surface area contributed by atoms with Crippen molar-refractivity contribution < 1.29 is 55.3 Å². The maximum atomic E-state index is 14.8. The molecule has 0 bridgehead atoms. The molecule has 1 aliphatic heterocycles. The highest BCUT2D eigenvalue weighted by molar-refractivity contribution is 5.93. The van der Waals surface area contributed by atoms with E-state index in [9.17, 15) is 22.4 Å². The number of halogens is 4. The molecule has 0 saturated carbocycles. The van der Waals surface area contributed by atoms with Crippen molar-refractivity contribution in [2.24, 2.45) is 0 Å². The summed E-state index contributed by atoms with van der Waals surface area (Å²) in [5, 5.41) is 17.5. The van der Waals surface area contributed by atoms with E-state index in [-0.39, 0.29) is 12.5 Å². The average Bonchev–Trinajstić information content (AvgIpc) is 3.90. The van der Waals surface area contributed by atoms with Crippen LogP contribution in [0.15, 0.2) is 89.6 Å². The Morgan fingerprint density at radius 2 is 1.60 bits per heavy atom. The number of methoxy groups -OCH3 is 1. The van der Waals surface area contributed by atoms with E-state index in [1.165, 1.54) is 4.57 Å². The fraction of sp³-hybridized carbons (Fsp3) is 0.453. The van der Waals surface area contributed by atoms with Crippen LogP contribution >= 0.6 is 0 Å². The molecule has 3 aromatic heterocycles. The summed E-state index contributed by atoms with van der Waals surface area (Å²) in [5.74, 6) is 2.13. The largest absolute Gasteiger partial charge is 0.491 e. The van der Waals surface area contributed by atoms with Crippen molar-refractivity contribution in [2.75, 3.05) is 109 Å². The highest BCUT2D eigenvalue weighted by atomic mass is 19.4. The molecule has 1 aliphatic rings. The zero-order chi connectivity index (χ0) is 51.6. The van der Waals surface area contributed by atoms with E-state index in [2.05, 4.69) is 31.4 Å². The maximum absolute atomic E-state index is 14.8. The van der Waals surface area contributed by atoms with Crippen LogP contribution in [0.1, 0.15) is 35.6 Å². The van der Waals surface area contributed by atoms with Crippen LogP contribution in [0, 0.1) is 13.8 Å². The molecule has 6 aromatic rings. The van der Waals surface area contributed by atoms with Crippen molar-refractivity contribution in [3.63, 3.8) is 0 Å². The molecule has 0 radical (unpaired) electrons. The number of alkyl halides is 4. The van der Waals surface area contributed by atoms with Crippen molar-refractivity contribution in [1.29, 1.82) is 0 Å². The molecular weight excluding hydrogens is 953 g/mol. The Kier molecular flexibility index (Phi) is 20.0. The Morgan fingerprint density at radius 3 is 2.33 bits per heavy atom. The summed E-state index contributed by atoms with van der Waals surface area (Å²) in [5.41, 5.74) is 6.73. The Hall–Kier alpha value is -6.61. The van der Waals surface area contributed by atoms with E-state index in [1.54, 1.807) is 37.6 Å². The van der Waals surface area contributed by atoms with E-state index in [0.29, 0.717) is 143 Å². The van der Waals surface area contributed by atoms with Gasteiger partial charge in [0.1, 0.15) is 36.6 Å². The number of nitrogens with one attached hydrogen (secondary N) is 4. The van der Waals surface area contributed by atoms with Gasteiger partial charge >= 0.3 is 6.18 Å². The van der Waals surface area contributed by atoms with E-state index in [1.807, 2.05) is 80.4 Å². The first kappa shape index (κ1) is 54.2. The first-order valence-corrected chi connectivity index (χ1v) is 24.5. The molecule has 73 heavy (non-hydrogen) atoms. The lowest BCUT2D eigenvalue weighted by molar-refractivity contribution is -0.140. The van der Waals surface area contributed by atoms with Gasteiger partial charge in [0.2, 0.25) is 5.88 Å². The van der Waals surface area contributed by atoms with E-state index < -0.39 is 24.9 Å². The summed E-state index contributed by atoms with van der Waals surface area (Å²) in [6.07, 6.45) is -2.11. The molecule has 4 heterocycles. The average molecular weight is 1020 g/mol. The van der Waals surface area contributed by atoms with E-state index in [4.69, 9.17) is 32.9 Å². The summed E-state index contributed by atoms with van der Waals surface area (Å²) in [7, 11) is 3.44. The number of piperidine rings is 1. The van der Waals surface area contributed by atoms with Gasteiger partial charge in [-0.3, -0.25) is 4.79 Å². The van der Waals surface area contributed by atoms with Gasteiger partial charge in [0.15, 0.2) is 6.61 Å². The minimum absolute atomic E-state index is 0.143. The van der Waals surface area contributed by atoms with Crippen LogP contribution in [0.5, 0.6) is 17.4 Å². The maximum Gasteiger partial charge on any atom is 0.406 e. The third kappa shape index (κ3) is 16.4. The number of rotatable bonds is 29. The summed E-state index contributed by atoms with van der Waals surface area (Å²) >= 11 is 0. The zero-order valence-electron chi connectivity index (χ0n) is 41.8. The van der Waals surface area contributed by atoms with Crippen LogP contribution in [-0.4, -0.2) is 137 Å². The number of amides is 1. The first-order valence-electron chi connectivity index (χ1n) is 24.5. The van der Waals surface area contributed by atoms with E-state index in [0.717, 1.165) is 34.6 Å². The monoisotopic (exact) mass is 1020 g/mol. The van der Waals surface area contributed by atoms with Gasteiger partial charge in [0.05, 0.1) is 69.7 Å². The van der Waals surface area contributed by atoms with Crippen molar-refractivity contribution in [3.05, 3.63) is 108 Å². The molecule has 4 N–H and O–H groups in total. The van der Waals surface area contributed by atoms with Crippen molar-refractivity contribution in [2.45, 2.75) is 64.6 Å². The van der Waals surface area contributed by atoms with Crippen LogP contribution in [0.3, 0.4) is 0 Å². The fourth-order valence-electron chi connectivity index (χ4n) is 8.57. The third-order valence-corrected chi connectivity index (χ3v) is 12.2. The Labute approximate surface area is 423 Å². The Balaban J connectivity index is 0.699. The van der Waals surface area contributed by atoms with Crippen molar-refractivity contribution in [1.82, 2.24) is 24.9 Å². The number of anilines is 3. The van der Waals surface area contributed by atoms with Gasteiger partial charge in [-0.2, -0.15) is 13.2 Å². The van der Waals surface area contributed by atoms with Gasteiger partial charge in [0, 0.05) is 72.5 Å². The van der Waals surface area contributed by atoms with Crippen LogP contribution in [0.25, 0.3) is 22.0 Å². The summed E-state index contributed by atoms with van der Waals surface area (Å²) in [6, 6.07) is 23.5. The molecule has 0 unspecified atom stereocenters. The minimum Gasteiger partial charge on any atom is -0.491 e. The number of benzene rings is 3. The molecule has 2 atom stereocenters. The standard InChI is InChI=1S/C53H66F4N8O8/c1-36-51(37(2)73-63-36)39-29-48(52(67-4)61-32-39)60-31-38-8-5-10-43(28-38)72-34-50(66)59-19-21-68-22-23-69-24-25-70-26-27-71-42-15-13-40(14-16-42)58-18-7-9-41-30-44-46(62-47-17-20-64(3)33-45(47)54)11-6-12-49(44)65(41)35-53(55,56)57/h5-6,8,10-16,28-30,32,45,47,58,60,62H,7,9,17-27,31,33-35H2,1-4H3,(H,59,66)/t45-,47+/m0/s1. The number of carbonyl (C=O) groups excluding carboxylic acids is 1. The number of nitrogens with zero attached hydrogens (tertiary/aromatic N) is 4. The molecule has 7 rings (SSSR count). The number of aromatic nitrogens is 3. The number of ether oxygens (including phenoxy) is 6. The first-order chi connectivity index (χ1) is 35.3. The zero-order valence-corrected chi connectivity index (χ0v) is 41.8. The molecule has 1 saturated heterocycles. The number of likely N-dealkylation sites (tertiary alicyclic amines) is 1. The Morgan fingerprint density at radius 1 is 0.849 bits per heavy atom. The topological polar surface area (TPSA) is 168 Å². The van der Waals surface area contributed by atoms with Crippen molar-refractivity contribution in [3.8, 4) is 28.5 Å². The number of pyridine rings is 1. The second kappa shape index (κ2) is 26.9. The molecule has 394 valence electrons. The second-order valence-electron chi connectivity index (χ2n) is 17.8. The predicted octanol–water partition coefficient (Wildman–Crippen LogP) is 8.61. The van der Waals surface area contributed by atoms with Crippen LogP contribution in [0.2, 0.25) is 0 Å². The SMILES string of the molecule is COc1ncc(-c2c(C)noc2C)cc1NCc1cccc(OCC(=O)NCCOCCOCCOCCOc2ccc(NCCCc3cc4c(N[C@@H]5CCN(C)C[C@@H]5F)cccc4n3CC(F)(F)F)cc2)c1. The number of aryl methyl sites for hydroxylation is 3. The van der Waals surface area contributed by atoms with Crippen LogP contribution < -0.4 is 35.5 Å². The van der Waals surface area contributed by atoms with Gasteiger partial charge in [-0.15, -0.1) is 0 Å². The molecular formula is C53H66F4N8O8. The number of carbonyl (C=O) groups is 1. The number of hydrogen-bond donors (Lipinski definition) is 4. The molecule has 1 amide bonds. The molecule has 20 heteroatoms. The summed E-state index contributed by atoms with van der Waals surface area (Å²) in [4.78, 5) is 18.8. The molecule has 16 nitrogen and oxygen atoms in total. The van der Waals surface area contributed by atoms with Crippen LogP contribution in [-0.2, 0) is 38.5 Å². The van der Waals surface area contributed by atoms with Gasteiger partial charge in [0.25, 0.3) is 5.91 Å². The lowest BCUT2D eigenvalue weighted by Crippen LogP contribution is -2.46. The van der Waals surface area contributed by atoms with Gasteiger partial charge in [-0.1, -0.05) is 23.4 Å². The molecule has 0 aliphatic carbocycles. The lowest BCUT2D eigenvalue weighted by Gasteiger charge is -2.33. The quantitative estimate of drug-likeness (QED) is 0.0261. The normalized spacial score (nSPS) is 15.1. The minimum atomic E-state index is -4.40. The van der Waals surface area contributed by atoms with E-state index >= 15 is 0 Å². The van der Waals surface area contributed by atoms with Gasteiger partial charge in [-0.05, 0) is 106 Å². The third-order valence-electron chi connectivity index (χ3n) is 12.2. The highest BCUT2D eigenvalue weighted by Crippen LogP contribution is 2.34. The molecule has 3 aromatic carbocycles. The summed E-state index contributed by atoms with van der Waals surface area (Å²) < 4.78 is 96.5. The highest BCUT2D eigenvalue weighted by Gasteiger charge is 2.31. The summed E-state index contributed by atoms with van der Waals surface area (Å²) in [6.45, 7) is 7.46.